The molecule has 1 aliphatic carbocycles. The fraction of sp³-hybridized carbons (Fsp3) is 0.591. The normalized spacial score (nSPS) is 20.1. The van der Waals surface area contributed by atoms with Gasteiger partial charge in [-0.05, 0) is 55.6 Å². The van der Waals surface area contributed by atoms with Gasteiger partial charge in [0.05, 0.1) is 5.75 Å². The molecule has 0 atom stereocenters. The second kappa shape index (κ2) is 9.12. The lowest BCUT2D eigenvalue weighted by Crippen LogP contribution is -2.40. The molecule has 1 N–H and O–H groups in total. The first-order valence-corrected chi connectivity index (χ1v) is 11.2. The van der Waals surface area contributed by atoms with E-state index in [-0.39, 0.29) is 5.91 Å². The first kappa shape index (κ1) is 20.9. The van der Waals surface area contributed by atoms with Crippen LogP contribution in [-0.4, -0.2) is 27.9 Å². The molecule has 1 heterocycles. The smallest absolute Gasteiger partial charge is 0.277 e. The summed E-state index contributed by atoms with van der Waals surface area (Å²) in [5.74, 6) is 1.60. The van der Waals surface area contributed by atoms with E-state index >= 15 is 0 Å². The Morgan fingerprint density at radius 3 is 2.61 bits per heavy atom. The van der Waals surface area contributed by atoms with Crippen LogP contribution in [0.3, 0.4) is 0 Å². The van der Waals surface area contributed by atoms with Crippen molar-refractivity contribution >= 4 is 17.7 Å². The van der Waals surface area contributed by atoms with Crippen molar-refractivity contribution in [1.29, 1.82) is 0 Å². The Bertz CT molecular complexity index is 795. The number of nitrogens with one attached hydrogen (secondary N) is 1. The van der Waals surface area contributed by atoms with Crippen molar-refractivity contribution < 1.29 is 9.21 Å². The van der Waals surface area contributed by atoms with Crippen LogP contribution in [0, 0.1) is 18.3 Å². The van der Waals surface area contributed by atoms with Crippen molar-refractivity contribution in [1.82, 2.24) is 15.5 Å². The Hall–Kier alpha value is -1.82. The van der Waals surface area contributed by atoms with Crippen molar-refractivity contribution in [3.05, 3.63) is 29.8 Å². The number of amides is 1. The molecule has 0 bridgehead atoms. The number of aryl methyl sites for hydroxylation is 1. The first-order valence-electron chi connectivity index (χ1n) is 10.2. The van der Waals surface area contributed by atoms with Gasteiger partial charge >= 0.3 is 0 Å². The summed E-state index contributed by atoms with van der Waals surface area (Å²) in [6.07, 6.45) is 5.75. The standard InChI is InChI=1S/C22H31N3O2S/c1-5-22(3,4)16-10-12-17(13-11-16)23-19(26)14-28-21-25-24-20(27-21)18-9-7-6-8-15(18)2/h6-9,16-17H,5,10-14H2,1-4H3,(H,23,26). The number of nitrogens with zero attached hydrogens (tertiary/aromatic N) is 2. The van der Waals surface area contributed by atoms with Crippen LogP contribution in [0.15, 0.2) is 33.9 Å². The predicted molar refractivity (Wildman–Crippen MR) is 113 cm³/mol. The van der Waals surface area contributed by atoms with E-state index in [2.05, 4.69) is 36.3 Å². The summed E-state index contributed by atoms with van der Waals surface area (Å²) in [4.78, 5) is 12.3. The predicted octanol–water partition coefficient (Wildman–Crippen LogP) is 5.25. The molecule has 1 aromatic carbocycles. The Morgan fingerprint density at radius 2 is 1.93 bits per heavy atom. The van der Waals surface area contributed by atoms with Crippen molar-refractivity contribution in [3.8, 4) is 11.5 Å². The number of thioether (sulfide) groups is 1. The molecule has 0 aliphatic heterocycles. The highest BCUT2D eigenvalue weighted by Gasteiger charge is 2.32. The third kappa shape index (κ3) is 5.16. The van der Waals surface area contributed by atoms with Gasteiger partial charge in [-0.2, -0.15) is 0 Å². The Kier molecular flexibility index (Phi) is 6.81. The number of carbonyl (C=O) groups excluding carboxylic acids is 1. The Morgan fingerprint density at radius 1 is 1.21 bits per heavy atom. The van der Waals surface area contributed by atoms with Gasteiger partial charge in [0.25, 0.3) is 5.22 Å². The molecule has 1 saturated carbocycles. The van der Waals surface area contributed by atoms with Gasteiger partial charge in [-0.3, -0.25) is 4.79 Å². The summed E-state index contributed by atoms with van der Waals surface area (Å²) in [6, 6.07) is 8.19. The van der Waals surface area contributed by atoms with Crippen LogP contribution in [0.25, 0.3) is 11.5 Å². The van der Waals surface area contributed by atoms with Gasteiger partial charge in [-0.1, -0.05) is 57.2 Å². The number of rotatable bonds is 7. The minimum absolute atomic E-state index is 0.0406. The summed E-state index contributed by atoms with van der Waals surface area (Å²) in [6.45, 7) is 9.01. The Balaban J connectivity index is 1.45. The van der Waals surface area contributed by atoms with Crippen LogP contribution in [0.4, 0.5) is 0 Å². The molecule has 0 radical (unpaired) electrons. The second-order valence-electron chi connectivity index (χ2n) is 8.43. The van der Waals surface area contributed by atoms with Crippen LogP contribution < -0.4 is 5.32 Å². The number of aromatic nitrogens is 2. The van der Waals surface area contributed by atoms with E-state index in [4.69, 9.17) is 4.42 Å². The molecule has 0 unspecified atom stereocenters. The molecule has 3 rings (SSSR count). The third-order valence-electron chi connectivity index (χ3n) is 6.22. The quantitative estimate of drug-likeness (QED) is 0.642. The van der Waals surface area contributed by atoms with E-state index in [1.165, 1.54) is 31.0 Å². The lowest BCUT2D eigenvalue weighted by molar-refractivity contribution is -0.119. The lowest BCUT2D eigenvalue weighted by Gasteiger charge is -2.39. The molecule has 1 aliphatic rings. The molecule has 2 aromatic rings. The first-order chi connectivity index (χ1) is 13.4. The van der Waals surface area contributed by atoms with Crippen molar-refractivity contribution in [2.45, 2.75) is 71.1 Å². The molecule has 1 fully saturated rings. The maximum Gasteiger partial charge on any atom is 0.277 e. The largest absolute Gasteiger partial charge is 0.411 e. The van der Waals surface area contributed by atoms with E-state index in [0.717, 1.165) is 29.9 Å². The molecule has 0 saturated heterocycles. The summed E-state index contributed by atoms with van der Waals surface area (Å²) >= 11 is 1.29. The van der Waals surface area contributed by atoms with E-state index in [1.54, 1.807) is 0 Å². The van der Waals surface area contributed by atoms with E-state index < -0.39 is 0 Å². The molecule has 1 amide bonds. The van der Waals surface area contributed by atoms with Gasteiger partial charge in [0.2, 0.25) is 11.8 Å². The fourth-order valence-corrected chi connectivity index (χ4v) is 4.47. The molecule has 5 nitrogen and oxygen atoms in total. The van der Waals surface area contributed by atoms with Gasteiger partial charge in [-0.15, -0.1) is 10.2 Å². The molecule has 152 valence electrons. The minimum Gasteiger partial charge on any atom is -0.411 e. The summed E-state index contributed by atoms with van der Waals surface area (Å²) in [5, 5.41) is 11.8. The number of benzene rings is 1. The molecular formula is C22H31N3O2S. The van der Waals surface area contributed by atoms with Crippen molar-refractivity contribution in [2.75, 3.05) is 5.75 Å². The minimum atomic E-state index is 0.0406. The van der Waals surface area contributed by atoms with E-state index in [9.17, 15) is 4.79 Å². The lowest BCUT2D eigenvalue weighted by atomic mass is 9.69. The van der Waals surface area contributed by atoms with E-state index in [0.29, 0.717) is 28.3 Å². The molecule has 28 heavy (non-hydrogen) atoms. The number of hydrogen-bond donors (Lipinski definition) is 1. The summed E-state index contributed by atoms with van der Waals surface area (Å²) in [5.41, 5.74) is 2.41. The summed E-state index contributed by atoms with van der Waals surface area (Å²) < 4.78 is 5.72. The van der Waals surface area contributed by atoms with Crippen LogP contribution in [0.5, 0.6) is 0 Å². The van der Waals surface area contributed by atoms with Gasteiger partial charge < -0.3 is 9.73 Å². The summed E-state index contributed by atoms with van der Waals surface area (Å²) in [7, 11) is 0. The maximum atomic E-state index is 12.3. The number of hydrogen-bond acceptors (Lipinski definition) is 5. The number of carbonyl (C=O) groups is 1. The Labute approximate surface area is 172 Å². The van der Waals surface area contributed by atoms with Crippen LogP contribution in [0.2, 0.25) is 0 Å². The highest BCUT2D eigenvalue weighted by atomic mass is 32.2. The zero-order valence-corrected chi connectivity index (χ0v) is 18.1. The molecular weight excluding hydrogens is 370 g/mol. The van der Waals surface area contributed by atoms with Gasteiger partial charge in [0, 0.05) is 11.6 Å². The highest BCUT2D eigenvalue weighted by Crippen LogP contribution is 2.40. The SMILES string of the molecule is CCC(C)(C)C1CCC(NC(=O)CSc2nnc(-c3ccccc3C)o2)CC1. The average Bonchev–Trinajstić information content (AvgIpc) is 3.16. The van der Waals surface area contributed by atoms with Crippen LogP contribution in [0.1, 0.15) is 58.4 Å². The highest BCUT2D eigenvalue weighted by molar-refractivity contribution is 7.99. The van der Waals surface area contributed by atoms with Gasteiger partial charge in [0.15, 0.2) is 0 Å². The van der Waals surface area contributed by atoms with Gasteiger partial charge in [-0.25, -0.2) is 0 Å². The zero-order valence-electron chi connectivity index (χ0n) is 17.3. The molecule has 0 spiro atoms. The third-order valence-corrected chi connectivity index (χ3v) is 7.04. The fourth-order valence-electron chi connectivity index (χ4n) is 3.89. The molecule has 6 heteroatoms. The monoisotopic (exact) mass is 401 g/mol. The van der Waals surface area contributed by atoms with Crippen molar-refractivity contribution in [3.63, 3.8) is 0 Å². The van der Waals surface area contributed by atoms with E-state index in [1.807, 2.05) is 31.2 Å². The topological polar surface area (TPSA) is 68.0 Å². The average molecular weight is 402 g/mol. The van der Waals surface area contributed by atoms with Gasteiger partial charge in [0.1, 0.15) is 0 Å². The van der Waals surface area contributed by atoms with Crippen molar-refractivity contribution in [2.24, 2.45) is 11.3 Å². The second-order valence-corrected chi connectivity index (χ2v) is 9.36. The van der Waals surface area contributed by atoms with Crippen LogP contribution >= 0.6 is 11.8 Å². The maximum absolute atomic E-state index is 12.3. The zero-order chi connectivity index (χ0) is 20.1. The van der Waals surface area contributed by atoms with Crippen LogP contribution in [-0.2, 0) is 4.79 Å². The molecule has 1 aromatic heterocycles.